The fourth-order valence-corrected chi connectivity index (χ4v) is 1.12. The maximum absolute atomic E-state index is 5.43. The maximum atomic E-state index is 5.43. The highest BCUT2D eigenvalue weighted by molar-refractivity contribution is 5.36. The van der Waals surface area contributed by atoms with Crippen molar-refractivity contribution in [2.45, 2.75) is 13.5 Å². The van der Waals surface area contributed by atoms with Crippen LogP contribution in [-0.4, -0.2) is 19.9 Å². The molecule has 2 aromatic heterocycles. The predicted octanol–water partition coefficient (Wildman–Crippen LogP) is 0.769. The molecule has 0 aliphatic carbocycles. The Morgan fingerprint density at radius 2 is 1.94 bits per heavy atom. The highest BCUT2D eigenvalue weighted by Gasteiger charge is 1.97. The summed E-state index contributed by atoms with van der Waals surface area (Å²) in [5.41, 5.74) is 7.18. The molecule has 0 radical (unpaired) electrons. The van der Waals surface area contributed by atoms with Crippen molar-refractivity contribution in [1.82, 2.24) is 19.9 Å². The van der Waals surface area contributed by atoms with Crippen molar-refractivity contribution in [3.63, 3.8) is 0 Å². The summed E-state index contributed by atoms with van der Waals surface area (Å²) in [6.07, 6.45) is 6.54. The monoisotopic (exact) mass is 216 g/mol. The van der Waals surface area contributed by atoms with E-state index in [1.54, 1.807) is 18.6 Å². The molecule has 0 aliphatic rings. The fraction of sp³-hybridized carbons (Fsp3) is 0.200. The van der Waals surface area contributed by atoms with E-state index in [9.17, 15) is 0 Å². The average Bonchev–Trinajstić information content (AvgIpc) is 2.30. The van der Waals surface area contributed by atoms with Crippen molar-refractivity contribution in [2.24, 2.45) is 0 Å². The molecule has 2 rings (SSSR count). The second kappa shape index (κ2) is 4.52. The van der Waals surface area contributed by atoms with Gasteiger partial charge in [-0.3, -0.25) is 9.97 Å². The normalized spacial score (nSPS) is 10.1. The number of aromatic nitrogens is 4. The summed E-state index contributed by atoms with van der Waals surface area (Å²) in [6, 6.07) is 0. The van der Waals surface area contributed by atoms with E-state index in [1.165, 1.54) is 6.20 Å². The highest BCUT2D eigenvalue weighted by Crippen LogP contribution is 2.03. The summed E-state index contributed by atoms with van der Waals surface area (Å²) in [4.78, 5) is 16.3. The summed E-state index contributed by atoms with van der Waals surface area (Å²) in [7, 11) is 0. The lowest BCUT2D eigenvalue weighted by molar-refractivity contribution is 0.973. The van der Waals surface area contributed by atoms with E-state index < -0.39 is 0 Å². The summed E-state index contributed by atoms with van der Waals surface area (Å²) < 4.78 is 0. The number of aryl methyl sites for hydroxylation is 1. The Hall–Kier alpha value is -2.24. The third-order valence-corrected chi connectivity index (χ3v) is 1.96. The van der Waals surface area contributed by atoms with Crippen LogP contribution in [0, 0.1) is 6.92 Å². The summed E-state index contributed by atoms with van der Waals surface area (Å²) in [5, 5.41) is 3.08. The van der Waals surface area contributed by atoms with Crippen molar-refractivity contribution < 1.29 is 0 Å². The van der Waals surface area contributed by atoms with Crippen LogP contribution in [0.4, 0.5) is 11.6 Å². The number of nitrogens with zero attached hydrogens (tertiary/aromatic N) is 4. The Labute approximate surface area is 93.0 Å². The van der Waals surface area contributed by atoms with E-state index in [2.05, 4.69) is 25.3 Å². The van der Waals surface area contributed by atoms with E-state index >= 15 is 0 Å². The number of hydrogen-bond donors (Lipinski definition) is 2. The zero-order valence-electron chi connectivity index (χ0n) is 8.88. The van der Waals surface area contributed by atoms with Gasteiger partial charge < -0.3 is 11.1 Å². The van der Waals surface area contributed by atoms with Gasteiger partial charge in [-0.25, -0.2) is 9.97 Å². The van der Waals surface area contributed by atoms with Gasteiger partial charge in [0, 0.05) is 6.20 Å². The minimum Gasteiger partial charge on any atom is -0.382 e. The van der Waals surface area contributed by atoms with Crippen molar-refractivity contribution in [3.8, 4) is 0 Å². The topological polar surface area (TPSA) is 89.6 Å². The zero-order valence-corrected chi connectivity index (χ0v) is 8.88. The van der Waals surface area contributed by atoms with Crippen molar-refractivity contribution in [2.75, 3.05) is 11.1 Å². The Kier molecular flexibility index (Phi) is 2.90. The maximum Gasteiger partial charge on any atom is 0.144 e. The third-order valence-electron chi connectivity index (χ3n) is 1.96. The van der Waals surface area contributed by atoms with E-state index in [4.69, 9.17) is 5.73 Å². The number of hydrogen-bond acceptors (Lipinski definition) is 6. The molecule has 0 amide bonds. The molecule has 0 saturated carbocycles. The molecule has 2 aromatic rings. The first kappa shape index (κ1) is 10.3. The van der Waals surface area contributed by atoms with Crippen LogP contribution in [0.25, 0.3) is 0 Å². The largest absolute Gasteiger partial charge is 0.382 e. The Bertz CT molecular complexity index is 404. The van der Waals surface area contributed by atoms with Crippen molar-refractivity contribution in [1.29, 1.82) is 0 Å². The second-order valence-electron chi connectivity index (χ2n) is 3.33. The van der Waals surface area contributed by atoms with E-state index in [0.29, 0.717) is 18.2 Å². The number of anilines is 2. The number of nitrogens with two attached hydrogens (primary N) is 1. The number of nitrogens with one attached hydrogen (secondary N) is 1. The molecule has 0 atom stereocenters. The van der Waals surface area contributed by atoms with Crippen LogP contribution < -0.4 is 11.1 Å². The molecule has 82 valence electrons. The van der Waals surface area contributed by atoms with Crippen LogP contribution in [0.15, 0.2) is 24.8 Å². The molecule has 0 aliphatic heterocycles. The molecule has 16 heavy (non-hydrogen) atoms. The van der Waals surface area contributed by atoms with Crippen LogP contribution >= 0.6 is 0 Å². The minimum atomic E-state index is 0.403. The number of rotatable bonds is 3. The lowest BCUT2D eigenvalue weighted by Crippen LogP contribution is -2.04. The van der Waals surface area contributed by atoms with Gasteiger partial charge >= 0.3 is 0 Å². The molecule has 6 nitrogen and oxygen atoms in total. The summed E-state index contributed by atoms with van der Waals surface area (Å²) >= 11 is 0. The van der Waals surface area contributed by atoms with Crippen molar-refractivity contribution in [3.05, 3.63) is 36.2 Å². The molecule has 0 unspecified atom stereocenters. The van der Waals surface area contributed by atoms with Crippen LogP contribution in [0.2, 0.25) is 0 Å². The van der Waals surface area contributed by atoms with Gasteiger partial charge in [-0.2, -0.15) is 0 Å². The summed E-state index contributed by atoms with van der Waals surface area (Å²) in [6.45, 7) is 2.46. The van der Waals surface area contributed by atoms with Gasteiger partial charge in [-0.05, 0) is 6.92 Å². The Morgan fingerprint density at radius 3 is 2.56 bits per heavy atom. The lowest BCUT2D eigenvalue weighted by atomic mass is 10.4. The predicted molar refractivity (Wildman–Crippen MR) is 60.5 cm³/mol. The zero-order chi connectivity index (χ0) is 11.4. The lowest BCUT2D eigenvalue weighted by Gasteiger charge is -2.04. The van der Waals surface area contributed by atoms with Gasteiger partial charge in [-0.1, -0.05) is 0 Å². The SMILES string of the molecule is Cc1cnc(CNc2cnc(N)cn2)cn1. The molecule has 2 heterocycles. The van der Waals surface area contributed by atoms with Gasteiger partial charge in [0.2, 0.25) is 0 Å². The highest BCUT2D eigenvalue weighted by atomic mass is 15.0. The Morgan fingerprint density at radius 1 is 1.06 bits per heavy atom. The van der Waals surface area contributed by atoms with Gasteiger partial charge in [0.15, 0.2) is 0 Å². The molecular formula is C10H12N6. The van der Waals surface area contributed by atoms with E-state index in [0.717, 1.165) is 11.4 Å². The van der Waals surface area contributed by atoms with Gasteiger partial charge in [0.1, 0.15) is 11.6 Å². The van der Waals surface area contributed by atoms with Gasteiger partial charge in [0.25, 0.3) is 0 Å². The smallest absolute Gasteiger partial charge is 0.144 e. The van der Waals surface area contributed by atoms with Gasteiger partial charge in [-0.15, -0.1) is 0 Å². The van der Waals surface area contributed by atoms with E-state index in [-0.39, 0.29) is 0 Å². The number of nitrogen functional groups attached to an aromatic ring is 1. The molecular weight excluding hydrogens is 204 g/mol. The first-order chi connectivity index (χ1) is 7.74. The molecule has 0 saturated heterocycles. The Balaban J connectivity index is 1.97. The standard InChI is InChI=1S/C10H12N6/c1-7-2-13-8(3-12-7)4-15-10-6-14-9(11)5-16-10/h2-3,5-6H,4H2,1H3,(H2,11,14)(H,15,16). The average molecular weight is 216 g/mol. The van der Waals surface area contributed by atoms with Crippen LogP contribution in [0.3, 0.4) is 0 Å². The molecule has 0 aromatic carbocycles. The molecule has 0 spiro atoms. The van der Waals surface area contributed by atoms with Crippen molar-refractivity contribution >= 4 is 11.6 Å². The van der Waals surface area contributed by atoms with Crippen LogP contribution in [0.1, 0.15) is 11.4 Å². The van der Waals surface area contributed by atoms with E-state index in [1.807, 2.05) is 6.92 Å². The minimum absolute atomic E-state index is 0.403. The molecule has 0 fully saturated rings. The molecule has 3 N–H and O–H groups in total. The fourth-order valence-electron chi connectivity index (χ4n) is 1.12. The first-order valence-corrected chi connectivity index (χ1v) is 4.83. The van der Waals surface area contributed by atoms with Crippen LogP contribution in [-0.2, 0) is 6.54 Å². The van der Waals surface area contributed by atoms with Gasteiger partial charge in [0.05, 0.1) is 36.5 Å². The summed E-state index contributed by atoms with van der Waals surface area (Å²) in [5.74, 6) is 1.07. The molecule has 0 bridgehead atoms. The third kappa shape index (κ3) is 2.63. The quantitative estimate of drug-likeness (QED) is 0.787. The first-order valence-electron chi connectivity index (χ1n) is 4.83. The van der Waals surface area contributed by atoms with Crippen LogP contribution in [0.5, 0.6) is 0 Å². The molecule has 6 heteroatoms. The second-order valence-corrected chi connectivity index (χ2v) is 3.33.